The summed E-state index contributed by atoms with van der Waals surface area (Å²) < 4.78 is 7.09. The van der Waals surface area contributed by atoms with Gasteiger partial charge in [0.2, 0.25) is 0 Å². The van der Waals surface area contributed by atoms with Crippen LogP contribution in [0.1, 0.15) is 23.8 Å². The highest BCUT2D eigenvalue weighted by Gasteiger charge is 2.24. The van der Waals surface area contributed by atoms with Gasteiger partial charge in [-0.05, 0) is 37.2 Å². The number of imidazole rings is 1. The van der Waals surface area contributed by atoms with Crippen LogP contribution in [-0.2, 0) is 0 Å². The normalized spacial score (nSPS) is 15.1. The molecule has 146 valence electrons. The molecular weight excluding hydrogens is 354 g/mol. The van der Waals surface area contributed by atoms with Gasteiger partial charge in [0.1, 0.15) is 17.1 Å². The minimum atomic E-state index is -0.0134. The highest BCUT2D eigenvalue weighted by Crippen LogP contribution is 2.24. The molecule has 0 saturated carbocycles. The average Bonchev–Trinajstić information content (AvgIpc) is 3.18. The van der Waals surface area contributed by atoms with Crippen LogP contribution in [0.15, 0.2) is 42.9 Å². The summed E-state index contributed by atoms with van der Waals surface area (Å²) in [4.78, 5) is 26.4. The summed E-state index contributed by atoms with van der Waals surface area (Å²) in [5.74, 6) is 0.776. The molecule has 0 aliphatic carbocycles. The van der Waals surface area contributed by atoms with Gasteiger partial charge in [-0.25, -0.2) is 4.98 Å². The van der Waals surface area contributed by atoms with Crippen LogP contribution in [0.3, 0.4) is 0 Å². The Morgan fingerprint density at radius 3 is 2.57 bits per heavy atom. The fourth-order valence-electron chi connectivity index (χ4n) is 3.63. The van der Waals surface area contributed by atoms with Gasteiger partial charge in [-0.1, -0.05) is 6.92 Å². The molecule has 3 aromatic rings. The molecule has 1 aromatic carbocycles. The molecule has 0 atom stereocenters. The Morgan fingerprint density at radius 2 is 1.89 bits per heavy atom. The maximum Gasteiger partial charge on any atom is 0.274 e. The predicted molar refractivity (Wildman–Crippen MR) is 108 cm³/mol. The van der Waals surface area contributed by atoms with E-state index in [1.165, 1.54) is 0 Å². The fraction of sp³-hybridized carbons (Fsp3) is 0.381. The molecule has 4 rings (SSSR count). The lowest BCUT2D eigenvalue weighted by Crippen LogP contribution is -2.48. The molecule has 0 radical (unpaired) electrons. The lowest BCUT2D eigenvalue weighted by atomic mass is 10.1. The smallest absolute Gasteiger partial charge is 0.274 e. The van der Waals surface area contributed by atoms with Crippen molar-refractivity contribution in [2.24, 2.45) is 0 Å². The first-order valence-electron chi connectivity index (χ1n) is 9.69. The number of nitrogens with zero attached hydrogens (tertiary/aromatic N) is 5. The first kappa shape index (κ1) is 18.4. The predicted octanol–water partition coefficient (Wildman–Crippen LogP) is 2.57. The van der Waals surface area contributed by atoms with Crippen LogP contribution < -0.4 is 4.74 Å². The number of carbonyl (C=O) groups excluding carboxylic acids is 1. The molecular formula is C21H25N5O2. The van der Waals surface area contributed by atoms with E-state index in [4.69, 9.17) is 4.74 Å². The Morgan fingerprint density at radius 1 is 1.14 bits per heavy atom. The summed E-state index contributed by atoms with van der Waals surface area (Å²) in [6.45, 7) is 6.61. The quantitative estimate of drug-likeness (QED) is 0.682. The number of fused-ring (bicyclic) bond motifs is 1. The lowest BCUT2D eigenvalue weighted by molar-refractivity contribution is 0.0632. The first-order chi connectivity index (χ1) is 13.7. The van der Waals surface area contributed by atoms with Crippen LogP contribution in [-0.4, -0.2) is 69.9 Å². The maximum absolute atomic E-state index is 13.0. The van der Waals surface area contributed by atoms with E-state index in [-0.39, 0.29) is 5.91 Å². The van der Waals surface area contributed by atoms with E-state index < -0.39 is 0 Å². The van der Waals surface area contributed by atoms with Gasteiger partial charge in [0.15, 0.2) is 5.65 Å². The minimum absolute atomic E-state index is 0.0134. The van der Waals surface area contributed by atoms with Crippen molar-refractivity contribution in [3.63, 3.8) is 0 Å². The summed E-state index contributed by atoms with van der Waals surface area (Å²) in [6, 6.07) is 7.69. The molecule has 2 aromatic heterocycles. The molecule has 0 N–H and O–H groups in total. The van der Waals surface area contributed by atoms with Crippen molar-refractivity contribution in [2.75, 3.05) is 39.8 Å². The molecule has 0 spiro atoms. The van der Waals surface area contributed by atoms with E-state index in [0.29, 0.717) is 11.3 Å². The van der Waals surface area contributed by atoms with E-state index in [0.717, 1.165) is 56.2 Å². The van der Waals surface area contributed by atoms with Crippen LogP contribution in [0.2, 0.25) is 0 Å². The molecule has 1 fully saturated rings. The van der Waals surface area contributed by atoms with Gasteiger partial charge in [-0.2, -0.15) is 0 Å². The van der Waals surface area contributed by atoms with Crippen LogP contribution in [0.25, 0.3) is 16.9 Å². The molecule has 1 aliphatic heterocycles. The zero-order valence-electron chi connectivity index (χ0n) is 16.3. The number of rotatable bonds is 5. The van der Waals surface area contributed by atoms with E-state index in [9.17, 15) is 4.79 Å². The molecule has 0 unspecified atom stereocenters. The van der Waals surface area contributed by atoms with Crippen molar-refractivity contribution in [3.8, 4) is 17.0 Å². The maximum atomic E-state index is 13.0. The fourth-order valence-corrected chi connectivity index (χ4v) is 3.63. The number of hydrogen-bond donors (Lipinski definition) is 0. The highest BCUT2D eigenvalue weighted by molar-refractivity contribution is 5.93. The second kappa shape index (κ2) is 7.98. The third kappa shape index (κ3) is 3.57. The number of carbonyl (C=O) groups is 1. The zero-order valence-corrected chi connectivity index (χ0v) is 16.3. The topological polar surface area (TPSA) is 63.0 Å². The molecule has 0 bridgehead atoms. The van der Waals surface area contributed by atoms with Gasteiger partial charge in [0.05, 0.1) is 7.11 Å². The van der Waals surface area contributed by atoms with Gasteiger partial charge in [-0.3, -0.25) is 14.7 Å². The summed E-state index contributed by atoms with van der Waals surface area (Å²) in [6.07, 6.45) is 6.49. The largest absolute Gasteiger partial charge is 0.497 e. The molecule has 3 heterocycles. The monoisotopic (exact) mass is 379 g/mol. The van der Waals surface area contributed by atoms with Gasteiger partial charge >= 0.3 is 0 Å². The SMILES string of the molecule is CCCN1CCN(C(=O)c2cn3ccnc(-c4ccc(OC)cc4)c3n2)CC1. The Labute approximate surface area is 164 Å². The van der Waals surface area contributed by atoms with Crippen LogP contribution in [0, 0.1) is 0 Å². The third-order valence-corrected chi connectivity index (χ3v) is 5.16. The number of aromatic nitrogens is 3. The van der Waals surface area contributed by atoms with Crippen molar-refractivity contribution in [3.05, 3.63) is 48.5 Å². The van der Waals surface area contributed by atoms with Crippen LogP contribution >= 0.6 is 0 Å². The number of amides is 1. The third-order valence-electron chi connectivity index (χ3n) is 5.16. The zero-order chi connectivity index (χ0) is 19.5. The summed E-state index contributed by atoms with van der Waals surface area (Å²) in [5, 5.41) is 0. The molecule has 1 amide bonds. The molecule has 28 heavy (non-hydrogen) atoms. The standard InChI is InChI=1S/C21H25N5O2/c1-3-9-24-11-13-25(14-12-24)21(27)18-15-26-10-8-22-19(20(26)23-18)16-4-6-17(28-2)7-5-16/h4-8,10,15H,3,9,11-14H2,1-2H3. The van der Waals surface area contributed by atoms with Gasteiger partial charge < -0.3 is 14.0 Å². The molecule has 7 nitrogen and oxygen atoms in total. The van der Waals surface area contributed by atoms with Crippen molar-refractivity contribution in [1.82, 2.24) is 24.2 Å². The van der Waals surface area contributed by atoms with Crippen molar-refractivity contribution < 1.29 is 9.53 Å². The minimum Gasteiger partial charge on any atom is -0.497 e. The van der Waals surface area contributed by atoms with E-state index in [1.54, 1.807) is 19.5 Å². The molecule has 1 aliphatic rings. The van der Waals surface area contributed by atoms with Crippen LogP contribution in [0.4, 0.5) is 0 Å². The number of methoxy groups -OCH3 is 1. The van der Waals surface area contributed by atoms with Gasteiger partial charge in [0.25, 0.3) is 5.91 Å². The van der Waals surface area contributed by atoms with Crippen molar-refractivity contribution in [2.45, 2.75) is 13.3 Å². The molecule has 7 heteroatoms. The van der Waals surface area contributed by atoms with E-state index in [1.807, 2.05) is 39.8 Å². The van der Waals surface area contributed by atoms with Crippen molar-refractivity contribution in [1.29, 1.82) is 0 Å². The average molecular weight is 379 g/mol. The van der Waals surface area contributed by atoms with Gasteiger partial charge in [0, 0.05) is 50.3 Å². The Kier molecular flexibility index (Phi) is 5.25. The van der Waals surface area contributed by atoms with Crippen LogP contribution in [0.5, 0.6) is 5.75 Å². The second-order valence-corrected chi connectivity index (χ2v) is 7.00. The Balaban J connectivity index is 1.59. The summed E-state index contributed by atoms with van der Waals surface area (Å²) in [7, 11) is 1.64. The van der Waals surface area contributed by atoms with Gasteiger partial charge in [-0.15, -0.1) is 0 Å². The number of piperazine rings is 1. The second-order valence-electron chi connectivity index (χ2n) is 7.00. The number of hydrogen-bond acceptors (Lipinski definition) is 5. The Hall–Kier alpha value is -2.93. The first-order valence-corrected chi connectivity index (χ1v) is 9.69. The Bertz CT molecular complexity index is 959. The molecule has 1 saturated heterocycles. The van der Waals surface area contributed by atoms with E-state index in [2.05, 4.69) is 21.8 Å². The lowest BCUT2D eigenvalue weighted by Gasteiger charge is -2.34. The summed E-state index contributed by atoms with van der Waals surface area (Å²) >= 11 is 0. The number of ether oxygens (including phenoxy) is 1. The summed E-state index contributed by atoms with van der Waals surface area (Å²) in [5.41, 5.74) is 2.83. The van der Waals surface area contributed by atoms with E-state index >= 15 is 0 Å². The highest BCUT2D eigenvalue weighted by atomic mass is 16.5. The number of benzene rings is 1. The van der Waals surface area contributed by atoms with Crippen molar-refractivity contribution >= 4 is 11.6 Å².